The molecule has 0 aliphatic carbocycles. The van der Waals surface area contributed by atoms with Gasteiger partial charge < -0.3 is 0 Å². The molecule has 7 heteroatoms. The summed E-state index contributed by atoms with van der Waals surface area (Å²) in [5.74, 6) is 0. The Bertz CT molecular complexity index is 368. The minimum atomic E-state index is -4.17. The molecule has 0 unspecified atom stereocenters. The van der Waals surface area contributed by atoms with E-state index >= 15 is 0 Å². The van der Waals surface area contributed by atoms with Crippen molar-refractivity contribution in [3.63, 3.8) is 0 Å². The van der Waals surface area contributed by atoms with Crippen LogP contribution in [0.15, 0.2) is 12.4 Å². The number of alkyl halides is 4. The van der Waals surface area contributed by atoms with Gasteiger partial charge in [-0.25, -0.2) is 0 Å². The van der Waals surface area contributed by atoms with Gasteiger partial charge in [0.25, 0.3) is 0 Å². The van der Waals surface area contributed by atoms with Crippen LogP contribution in [-0.2, 0) is 12.6 Å². The molecule has 0 atom stereocenters. The monoisotopic (exact) mass is 276 g/mol. The summed E-state index contributed by atoms with van der Waals surface area (Å²) in [7, 11) is 0. The van der Waals surface area contributed by atoms with Gasteiger partial charge in [0.15, 0.2) is 0 Å². The third-order valence-electron chi connectivity index (χ3n) is 1.77. The fraction of sp³-hybridized carbons (Fsp3) is 0.571. The van der Waals surface area contributed by atoms with Crippen LogP contribution in [0.25, 0.3) is 0 Å². The number of hydrogen-bond donors (Lipinski definition) is 0. The first-order valence-corrected chi connectivity index (χ1v) is 4.71. The second-order valence-corrected chi connectivity index (χ2v) is 3.39. The molecule has 0 saturated carbocycles. The maximum atomic E-state index is 12.9. The fourth-order valence-electron chi connectivity index (χ4n) is 0.986. The molecule has 1 aromatic rings. The average molecular weight is 275 g/mol. The summed E-state index contributed by atoms with van der Waals surface area (Å²) >= 11 is 2.34. The molecule has 0 bridgehead atoms. The van der Waals surface area contributed by atoms with Gasteiger partial charge in [-0.15, -0.1) is 0 Å². The van der Waals surface area contributed by atoms with E-state index in [9.17, 15) is 17.6 Å². The first-order valence-electron chi connectivity index (χ1n) is 3.85. The van der Waals surface area contributed by atoms with E-state index in [0.29, 0.717) is 6.54 Å². The van der Waals surface area contributed by atoms with Crippen LogP contribution in [-0.4, -0.2) is 31.1 Å². The number of aryl methyl sites for hydroxylation is 1. The van der Waals surface area contributed by atoms with Gasteiger partial charge in [-0.2, -0.15) is 0 Å². The molecule has 0 amide bonds. The fourth-order valence-corrected chi connectivity index (χ4v) is 1.77. The maximum absolute atomic E-state index is 12.9. The van der Waals surface area contributed by atoms with Gasteiger partial charge in [-0.05, 0) is 0 Å². The van der Waals surface area contributed by atoms with E-state index in [4.69, 9.17) is 0 Å². The van der Waals surface area contributed by atoms with E-state index in [0.717, 1.165) is 6.20 Å². The molecule has 0 saturated heterocycles. The molecule has 0 aromatic carbocycles. The molecular formula is C7H8F4N2Se. The van der Waals surface area contributed by atoms with Crippen molar-refractivity contribution in [2.24, 2.45) is 0 Å². The normalized spacial score (nSPS) is 12.4. The summed E-state index contributed by atoms with van der Waals surface area (Å²) < 4.78 is 51.4. The van der Waals surface area contributed by atoms with Crippen LogP contribution >= 0.6 is 0 Å². The summed E-state index contributed by atoms with van der Waals surface area (Å²) in [6.07, 6.45) is -1.46. The summed E-state index contributed by atoms with van der Waals surface area (Å²) in [4.78, 5) is 0. The van der Waals surface area contributed by atoms with E-state index < -0.39 is 12.5 Å². The molecular weight excluding hydrogens is 267 g/mol. The van der Waals surface area contributed by atoms with Crippen molar-refractivity contribution in [2.45, 2.75) is 25.9 Å². The number of aromatic nitrogens is 2. The quantitative estimate of drug-likeness (QED) is 0.588. The van der Waals surface area contributed by atoms with Crippen molar-refractivity contribution >= 4 is 15.6 Å². The predicted octanol–water partition coefficient (Wildman–Crippen LogP) is 1.82. The minimum absolute atomic E-state index is 0.0159. The molecule has 0 radical (unpaired) electrons. The summed E-state index contributed by atoms with van der Waals surface area (Å²) in [5, 5.41) is 0. The molecule has 1 aromatic heterocycles. The van der Waals surface area contributed by atoms with E-state index in [1.807, 2.05) is 0 Å². The van der Waals surface area contributed by atoms with E-state index in [2.05, 4.69) is 15.6 Å². The van der Waals surface area contributed by atoms with Gasteiger partial charge in [-0.3, -0.25) is 0 Å². The Morgan fingerprint density at radius 1 is 1.43 bits per heavy atom. The molecule has 14 heavy (non-hydrogen) atoms. The number of hydrogen-bond acceptors (Lipinski definition) is 0. The third kappa shape index (κ3) is 1.79. The summed E-state index contributed by atoms with van der Waals surface area (Å²) in [6, 6.07) is -4.17. The van der Waals surface area contributed by atoms with Gasteiger partial charge in [-0.1, -0.05) is 0 Å². The Kier molecular flexibility index (Phi) is 3.21. The Morgan fingerprint density at radius 2 is 2.00 bits per heavy atom. The second-order valence-electron chi connectivity index (χ2n) is 2.63. The van der Waals surface area contributed by atoms with Crippen LogP contribution in [0, 0.1) is 4.32 Å². The third-order valence-corrected chi connectivity index (χ3v) is 2.68. The van der Waals surface area contributed by atoms with Crippen molar-refractivity contribution in [2.75, 3.05) is 0 Å². The van der Waals surface area contributed by atoms with Gasteiger partial charge in [0.2, 0.25) is 0 Å². The van der Waals surface area contributed by atoms with Crippen LogP contribution in [0.5, 0.6) is 0 Å². The number of rotatable bonds is 3. The van der Waals surface area contributed by atoms with Gasteiger partial charge in [0, 0.05) is 0 Å². The predicted molar refractivity (Wildman–Crippen MR) is 43.3 cm³/mol. The number of imidazole rings is 1. The van der Waals surface area contributed by atoms with Crippen molar-refractivity contribution in [3.8, 4) is 0 Å². The Labute approximate surface area is 85.5 Å². The standard InChI is InChI=1S/C7H8F4N2Se/c1-2-12-3-4-13(6(12)14)7(10,11)5(8)9/h3-5H,2H2,1H3. The Balaban J connectivity index is 3.20. The zero-order chi connectivity index (χ0) is 10.9. The Morgan fingerprint density at radius 3 is 2.36 bits per heavy atom. The number of nitrogens with zero attached hydrogens (tertiary/aromatic N) is 2. The van der Waals surface area contributed by atoms with Crippen LogP contribution in [0.2, 0.25) is 0 Å². The van der Waals surface area contributed by atoms with Crippen LogP contribution in [0.1, 0.15) is 6.92 Å². The van der Waals surface area contributed by atoms with Crippen molar-refractivity contribution in [3.05, 3.63) is 16.7 Å². The molecule has 0 aliphatic rings. The molecule has 2 nitrogen and oxygen atoms in total. The topological polar surface area (TPSA) is 9.86 Å². The van der Waals surface area contributed by atoms with Gasteiger partial charge in [0.05, 0.1) is 0 Å². The number of halogens is 4. The van der Waals surface area contributed by atoms with Crippen molar-refractivity contribution in [1.29, 1.82) is 0 Å². The van der Waals surface area contributed by atoms with Gasteiger partial charge in [0.1, 0.15) is 0 Å². The second kappa shape index (κ2) is 3.90. The first-order chi connectivity index (χ1) is 6.41. The van der Waals surface area contributed by atoms with E-state index in [1.54, 1.807) is 6.92 Å². The molecule has 1 rings (SSSR count). The first kappa shape index (κ1) is 11.5. The Hall–Kier alpha value is -0.551. The van der Waals surface area contributed by atoms with Gasteiger partial charge >= 0.3 is 84.9 Å². The zero-order valence-electron chi connectivity index (χ0n) is 7.25. The summed E-state index contributed by atoms with van der Waals surface area (Å²) in [5.41, 5.74) is 0. The van der Waals surface area contributed by atoms with E-state index in [-0.39, 0.29) is 8.89 Å². The van der Waals surface area contributed by atoms with E-state index in [1.165, 1.54) is 10.8 Å². The molecule has 0 N–H and O–H groups in total. The molecule has 0 aliphatic heterocycles. The van der Waals surface area contributed by atoms with Crippen LogP contribution < -0.4 is 0 Å². The zero-order valence-corrected chi connectivity index (χ0v) is 8.97. The molecule has 0 spiro atoms. The average Bonchev–Trinajstić information content (AvgIpc) is 2.46. The molecule has 1 heterocycles. The molecule has 80 valence electrons. The SMILES string of the molecule is CCn1ccn(C(F)(F)C(F)F)c1=[Se]. The van der Waals surface area contributed by atoms with Crippen LogP contribution in [0.4, 0.5) is 17.6 Å². The summed E-state index contributed by atoms with van der Waals surface area (Å²) in [6.45, 7) is 2.17. The van der Waals surface area contributed by atoms with Crippen molar-refractivity contribution < 1.29 is 17.6 Å². The van der Waals surface area contributed by atoms with Crippen LogP contribution in [0.3, 0.4) is 0 Å². The van der Waals surface area contributed by atoms with Crippen molar-refractivity contribution in [1.82, 2.24) is 9.13 Å². The molecule has 0 fully saturated rings.